The molecule has 0 fully saturated rings. The Kier molecular flexibility index (Phi) is 8.61. The highest BCUT2D eigenvalue weighted by atomic mass is 16.6. The molecule has 0 bridgehead atoms. The molecule has 1 heterocycles. The van der Waals surface area contributed by atoms with Crippen LogP contribution in [0.3, 0.4) is 0 Å². The third-order valence-electron chi connectivity index (χ3n) is 8.16. The number of methoxy groups -OCH3 is 2. The number of dihydropyridines is 1. The van der Waals surface area contributed by atoms with Gasteiger partial charge in [0.15, 0.2) is 17.3 Å². The van der Waals surface area contributed by atoms with Crippen molar-refractivity contribution < 1.29 is 28.7 Å². The zero-order valence-corrected chi connectivity index (χ0v) is 24.6. The zero-order chi connectivity index (χ0) is 30.7. The molecular formula is C34H34N2O7. The number of hydrogen-bond donors (Lipinski definition) is 1. The first-order chi connectivity index (χ1) is 20.7. The first kappa shape index (κ1) is 29.6. The minimum atomic E-state index is -0.807. The number of ether oxygens (including phenoxy) is 3. The van der Waals surface area contributed by atoms with Crippen LogP contribution in [0.4, 0.5) is 5.69 Å². The lowest BCUT2D eigenvalue weighted by Crippen LogP contribution is -2.36. The fourth-order valence-electron chi connectivity index (χ4n) is 5.97. The first-order valence-corrected chi connectivity index (χ1v) is 14.1. The molecule has 3 aromatic rings. The molecule has 9 nitrogen and oxygen atoms in total. The van der Waals surface area contributed by atoms with Crippen molar-refractivity contribution in [1.82, 2.24) is 5.32 Å². The molecule has 0 amide bonds. The van der Waals surface area contributed by atoms with Gasteiger partial charge < -0.3 is 19.5 Å². The molecule has 2 atom stereocenters. The van der Waals surface area contributed by atoms with Gasteiger partial charge in [0.2, 0.25) is 0 Å². The molecule has 0 saturated carbocycles. The summed E-state index contributed by atoms with van der Waals surface area (Å²) in [7, 11) is 3.14. The lowest BCUT2D eigenvalue weighted by Gasteiger charge is -2.36. The van der Waals surface area contributed by atoms with E-state index in [4.69, 9.17) is 14.2 Å². The van der Waals surface area contributed by atoms with Crippen LogP contribution in [0, 0.1) is 17.0 Å². The number of Topliss-reactive ketones (excluding diaryl/α,β-unsaturated/α-hetero) is 1. The average Bonchev–Trinajstić information content (AvgIpc) is 3.00. The van der Waals surface area contributed by atoms with Crippen LogP contribution >= 0.6 is 0 Å². The fourth-order valence-corrected chi connectivity index (χ4v) is 5.97. The molecule has 43 heavy (non-hydrogen) atoms. The number of carbonyl (C=O) groups is 2. The van der Waals surface area contributed by atoms with Crippen LogP contribution in [0.15, 0.2) is 89.3 Å². The number of nitro benzene ring substituents is 1. The van der Waals surface area contributed by atoms with Crippen LogP contribution in [0.5, 0.6) is 11.5 Å². The van der Waals surface area contributed by atoms with Crippen LogP contribution in [-0.2, 0) is 20.7 Å². The number of nitro groups is 1. The van der Waals surface area contributed by atoms with Crippen LogP contribution in [0.25, 0.3) is 0 Å². The Bertz CT molecular complexity index is 1640. The van der Waals surface area contributed by atoms with Gasteiger partial charge >= 0.3 is 5.97 Å². The predicted octanol–water partition coefficient (Wildman–Crippen LogP) is 6.07. The quantitative estimate of drug-likeness (QED) is 0.184. The van der Waals surface area contributed by atoms with Crippen molar-refractivity contribution >= 4 is 17.4 Å². The monoisotopic (exact) mass is 582 g/mol. The van der Waals surface area contributed by atoms with Gasteiger partial charge in [0.05, 0.1) is 31.3 Å². The predicted molar refractivity (Wildman–Crippen MR) is 161 cm³/mol. The summed E-state index contributed by atoms with van der Waals surface area (Å²) in [5.41, 5.74) is 4.85. The van der Waals surface area contributed by atoms with E-state index < -0.39 is 16.8 Å². The van der Waals surface area contributed by atoms with Crippen LogP contribution in [0.1, 0.15) is 53.9 Å². The van der Waals surface area contributed by atoms with Gasteiger partial charge in [-0.05, 0) is 55.0 Å². The van der Waals surface area contributed by atoms with Crippen molar-refractivity contribution in [2.75, 3.05) is 20.8 Å². The van der Waals surface area contributed by atoms with E-state index in [2.05, 4.69) is 5.32 Å². The lowest BCUT2D eigenvalue weighted by molar-refractivity contribution is -0.385. The topological polar surface area (TPSA) is 117 Å². The number of allylic oxidation sites excluding steroid dienone is 3. The lowest BCUT2D eigenvalue weighted by atomic mass is 9.71. The highest BCUT2D eigenvalue weighted by molar-refractivity contribution is 6.04. The minimum absolute atomic E-state index is 0.0703. The molecule has 9 heteroatoms. The van der Waals surface area contributed by atoms with Gasteiger partial charge in [-0.15, -0.1) is 0 Å². The largest absolute Gasteiger partial charge is 0.493 e. The third-order valence-corrected chi connectivity index (χ3v) is 8.16. The van der Waals surface area contributed by atoms with Crippen LogP contribution in [-0.4, -0.2) is 37.5 Å². The smallest absolute Gasteiger partial charge is 0.336 e. The number of nitrogens with one attached hydrogen (secondary N) is 1. The Balaban J connectivity index is 1.52. The van der Waals surface area contributed by atoms with E-state index in [-0.39, 0.29) is 36.0 Å². The second-order valence-corrected chi connectivity index (χ2v) is 10.8. The molecule has 0 saturated heterocycles. The molecule has 1 aliphatic carbocycles. The number of esters is 1. The second-order valence-electron chi connectivity index (χ2n) is 10.8. The van der Waals surface area contributed by atoms with Gasteiger partial charge in [0, 0.05) is 47.4 Å². The first-order valence-electron chi connectivity index (χ1n) is 14.1. The number of benzene rings is 3. The molecule has 222 valence electrons. The number of aryl methyl sites for hydroxylation is 1. The van der Waals surface area contributed by atoms with Gasteiger partial charge in [0.25, 0.3) is 5.69 Å². The summed E-state index contributed by atoms with van der Waals surface area (Å²) >= 11 is 0. The van der Waals surface area contributed by atoms with E-state index >= 15 is 0 Å². The van der Waals surface area contributed by atoms with Gasteiger partial charge in [-0.1, -0.05) is 48.5 Å². The highest BCUT2D eigenvalue weighted by Crippen LogP contribution is 2.47. The maximum absolute atomic E-state index is 14.0. The Morgan fingerprint density at radius 3 is 2.37 bits per heavy atom. The molecule has 1 N–H and O–H groups in total. The number of rotatable bonds is 9. The van der Waals surface area contributed by atoms with Crippen molar-refractivity contribution in [3.8, 4) is 11.5 Å². The second kappa shape index (κ2) is 12.5. The SMILES string of the molecule is COc1ccc([C@@H]2CC(=O)C3=C(C2)NC(C)=C(C(=O)OCCc2ccccc2)[C@H]3c2ccc(C)c([N+](=O)[O-])c2)cc1OC. The van der Waals surface area contributed by atoms with Gasteiger partial charge in [0.1, 0.15) is 0 Å². The van der Waals surface area contributed by atoms with Gasteiger partial charge in [-0.25, -0.2) is 4.79 Å². The standard InChI is InChI=1S/C34H34N2O7/c1-20-10-11-24(17-27(20)36(39)40)32-31(34(38)43-15-14-22-8-6-5-7-9-22)21(2)35-26-16-25(18-28(37)33(26)32)23-12-13-29(41-3)30(19-23)42-4/h5-13,17,19,25,32,35H,14-16,18H2,1-4H3/t25-,32+/m0/s1. The molecule has 5 rings (SSSR count). The molecular weight excluding hydrogens is 548 g/mol. The van der Waals surface area contributed by atoms with Crippen LogP contribution in [0.2, 0.25) is 0 Å². The summed E-state index contributed by atoms with van der Waals surface area (Å²) < 4.78 is 16.6. The molecule has 2 aliphatic rings. The van der Waals surface area contributed by atoms with E-state index in [0.29, 0.717) is 52.4 Å². The van der Waals surface area contributed by atoms with E-state index in [9.17, 15) is 19.7 Å². The normalized spacial score (nSPS) is 18.1. The molecule has 0 aromatic heterocycles. The molecule has 0 unspecified atom stereocenters. The van der Waals surface area contributed by atoms with Crippen molar-refractivity contribution in [3.63, 3.8) is 0 Å². The maximum Gasteiger partial charge on any atom is 0.336 e. The Morgan fingerprint density at radius 2 is 1.67 bits per heavy atom. The van der Waals surface area contributed by atoms with Crippen molar-refractivity contribution in [2.24, 2.45) is 0 Å². The van der Waals surface area contributed by atoms with E-state index in [1.807, 2.05) is 48.5 Å². The average molecular weight is 583 g/mol. The molecule has 0 spiro atoms. The van der Waals surface area contributed by atoms with E-state index in [1.54, 1.807) is 40.2 Å². The summed E-state index contributed by atoms with van der Waals surface area (Å²) in [5.74, 6) is -0.471. The van der Waals surface area contributed by atoms with Gasteiger partial charge in [-0.2, -0.15) is 0 Å². The van der Waals surface area contributed by atoms with Crippen molar-refractivity contribution in [2.45, 2.75) is 44.9 Å². The van der Waals surface area contributed by atoms with Crippen molar-refractivity contribution in [1.29, 1.82) is 0 Å². The van der Waals surface area contributed by atoms with Crippen LogP contribution < -0.4 is 14.8 Å². The Labute approximate surface area is 250 Å². The van der Waals surface area contributed by atoms with E-state index in [0.717, 1.165) is 11.1 Å². The molecule has 3 aromatic carbocycles. The number of hydrogen-bond acceptors (Lipinski definition) is 8. The highest BCUT2D eigenvalue weighted by Gasteiger charge is 2.42. The summed E-state index contributed by atoms with van der Waals surface area (Å²) in [4.78, 5) is 39.0. The molecule has 0 radical (unpaired) electrons. The fraction of sp³-hybridized carbons (Fsp3) is 0.294. The number of nitrogens with zero attached hydrogens (tertiary/aromatic N) is 1. The number of ketones is 1. The van der Waals surface area contributed by atoms with Crippen molar-refractivity contribution in [3.05, 3.63) is 122 Å². The summed E-state index contributed by atoms with van der Waals surface area (Å²) in [6.45, 7) is 3.59. The zero-order valence-electron chi connectivity index (χ0n) is 24.6. The Hall–Kier alpha value is -4.92. The van der Waals surface area contributed by atoms with E-state index in [1.165, 1.54) is 6.07 Å². The Morgan fingerprint density at radius 1 is 0.953 bits per heavy atom. The number of carbonyl (C=O) groups excluding carboxylic acids is 2. The third kappa shape index (κ3) is 6.02. The summed E-state index contributed by atoms with van der Waals surface area (Å²) in [6, 6.07) is 20.2. The minimum Gasteiger partial charge on any atom is -0.493 e. The summed E-state index contributed by atoms with van der Waals surface area (Å²) in [6.07, 6.45) is 1.25. The molecule has 1 aliphatic heterocycles. The summed E-state index contributed by atoms with van der Waals surface area (Å²) in [5, 5.41) is 15.2. The maximum atomic E-state index is 14.0. The van der Waals surface area contributed by atoms with Gasteiger partial charge in [-0.3, -0.25) is 14.9 Å².